The Morgan fingerprint density at radius 1 is 1.18 bits per heavy atom. The van der Waals surface area contributed by atoms with Crippen LogP contribution >= 0.6 is 15.9 Å². The molecule has 6 nitrogen and oxygen atoms in total. The van der Waals surface area contributed by atoms with Crippen LogP contribution in [0.2, 0.25) is 0 Å². The van der Waals surface area contributed by atoms with Gasteiger partial charge in [0.15, 0.2) is 0 Å². The van der Waals surface area contributed by atoms with E-state index in [9.17, 15) is 21.6 Å². The predicted octanol–water partition coefficient (Wildman–Crippen LogP) is 4.46. The van der Waals surface area contributed by atoms with Crippen molar-refractivity contribution in [3.05, 3.63) is 64.9 Å². The summed E-state index contributed by atoms with van der Waals surface area (Å²) in [6.45, 7) is 0. The van der Waals surface area contributed by atoms with Gasteiger partial charge in [0.05, 0.1) is 33.4 Å². The maximum Gasteiger partial charge on any atom is 0.416 e. The number of aromatic nitrogens is 2. The second-order valence-electron chi connectivity index (χ2n) is 5.58. The first-order chi connectivity index (χ1) is 13.1. The fourth-order valence-electron chi connectivity index (χ4n) is 2.42. The number of sulfonamides is 1. The van der Waals surface area contributed by atoms with Crippen molar-refractivity contribution in [2.45, 2.75) is 11.1 Å². The Kier molecular flexibility index (Phi) is 5.39. The van der Waals surface area contributed by atoms with Crippen molar-refractivity contribution < 1.29 is 26.3 Å². The molecule has 0 bridgehead atoms. The minimum Gasteiger partial charge on any atom is -0.496 e. The zero-order valence-corrected chi connectivity index (χ0v) is 16.6. The topological polar surface area (TPSA) is 73.2 Å². The number of halogens is 4. The molecule has 148 valence electrons. The molecule has 0 fully saturated rings. The summed E-state index contributed by atoms with van der Waals surface area (Å²) in [4.78, 5) is -0.149. The molecule has 0 aliphatic heterocycles. The van der Waals surface area contributed by atoms with Crippen molar-refractivity contribution in [3.8, 4) is 11.4 Å². The van der Waals surface area contributed by atoms with Crippen molar-refractivity contribution in [1.29, 1.82) is 0 Å². The Morgan fingerprint density at radius 3 is 2.50 bits per heavy atom. The quantitative estimate of drug-likeness (QED) is 0.590. The van der Waals surface area contributed by atoms with Crippen molar-refractivity contribution in [3.63, 3.8) is 0 Å². The average Bonchev–Trinajstić information content (AvgIpc) is 3.15. The van der Waals surface area contributed by atoms with Gasteiger partial charge in [0.1, 0.15) is 5.75 Å². The van der Waals surface area contributed by atoms with E-state index in [1.165, 1.54) is 42.4 Å². The first-order valence-electron chi connectivity index (χ1n) is 7.69. The molecule has 1 aromatic heterocycles. The number of alkyl halides is 3. The van der Waals surface area contributed by atoms with Crippen molar-refractivity contribution in [1.82, 2.24) is 9.78 Å². The third kappa shape index (κ3) is 4.14. The standard InChI is InChI=1S/C17H13BrF3N3O3S/c1-27-16-6-4-12(10-13(16)18)28(25,26)23-14-9-11(17(19,20)21)3-5-15(14)24-8-2-7-22-24/h2-10,23H,1H3. The minimum atomic E-state index is -4.63. The maximum atomic E-state index is 13.1. The van der Waals surface area contributed by atoms with E-state index in [0.29, 0.717) is 10.2 Å². The second kappa shape index (κ2) is 7.47. The van der Waals surface area contributed by atoms with E-state index in [2.05, 4.69) is 25.8 Å². The molecule has 3 aromatic rings. The number of ether oxygens (including phenoxy) is 1. The summed E-state index contributed by atoms with van der Waals surface area (Å²) in [5.41, 5.74) is -1.10. The highest BCUT2D eigenvalue weighted by Gasteiger charge is 2.32. The molecule has 0 amide bonds. The van der Waals surface area contributed by atoms with E-state index in [0.717, 1.165) is 18.2 Å². The molecule has 11 heteroatoms. The van der Waals surface area contributed by atoms with E-state index in [1.807, 2.05) is 0 Å². The summed E-state index contributed by atoms with van der Waals surface area (Å²) in [6, 6.07) is 8.31. The Morgan fingerprint density at radius 2 is 1.93 bits per heavy atom. The van der Waals surface area contributed by atoms with Crippen LogP contribution in [0.1, 0.15) is 5.56 Å². The van der Waals surface area contributed by atoms with Crippen LogP contribution in [0.4, 0.5) is 18.9 Å². The molecule has 0 aliphatic carbocycles. The first-order valence-corrected chi connectivity index (χ1v) is 9.97. The summed E-state index contributed by atoms with van der Waals surface area (Å²) in [5.74, 6) is 0.412. The van der Waals surface area contributed by atoms with E-state index < -0.39 is 21.8 Å². The van der Waals surface area contributed by atoms with E-state index in [4.69, 9.17) is 4.74 Å². The van der Waals surface area contributed by atoms with Crippen LogP contribution in [0.15, 0.2) is 64.2 Å². The van der Waals surface area contributed by atoms with Crippen LogP contribution in [0.3, 0.4) is 0 Å². The van der Waals surface area contributed by atoms with Gasteiger partial charge in [-0.15, -0.1) is 0 Å². The van der Waals surface area contributed by atoms with Crippen LogP contribution in [-0.2, 0) is 16.2 Å². The number of hydrogen-bond donors (Lipinski definition) is 1. The van der Waals surface area contributed by atoms with Crippen LogP contribution in [0.5, 0.6) is 5.75 Å². The molecule has 0 spiro atoms. The van der Waals surface area contributed by atoms with Gasteiger partial charge >= 0.3 is 6.18 Å². The molecule has 0 atom stereocenters. The molecular formula is C17H13BrF3N3O3S. The number of hydrogen-bond acceptors (Lipinski definition) is 4. The Hall–Kier alpha value is -2.53. The SMILES string of the molecule is COc1ccc(S(=O)(=O)Nc2cc(C(F)(F)F)ccc2-n2cccn2)cc1Br. The number of benzene rings is 2. The van der Waals surface area contributed by atoms with Crippen molar-refractivity contribution in [2.75, 3.05) is 11.8 Å². The molecule has 3 rings (SSSR count). The zero-order chi connectivity index (χ0) is 20.5. The molecule has 0 saturated heterocycles. The lowest BCUT2D eigenvalue weighted by Gasteiger charge is -2.16. The molecule has 1 N–H and O–H groups in total. The first kappa shape index (κ1) is 20.2. The molecular weight excluding hydrogens is 463 g/mol. The Balaban J connectivity index is 2.07. The molecule has 28 heavy (non-hydrogen) atoms. The number of rotatable bonds is 5. The number of nitrogens with zero attached hydrogens (tertiary/aromatic N) is 2. The highest BCUT2D eigenvalue weighted by Crippen LogP contribution is 2.34. The molecule has 0 radical (unpaired) electrons. The molecule has 2 aromatic carbocycles. The predicted molar refractivity (Wildman–Crippen MR) is 100 cm³/mol. The van der Waals surface area contributed by atoms with Gasteiger partial charge in [-0.05, 0) is 58.4 Å². The largest absolute Gasteiger partial charge is 0.496 e. The van der Waals surface area contributed by atoms with Gasteiger partial charge in [-0.2, -0.15) is 18.3 Å². The van der Waals surface area contributed by atoms with Gasteiger partial charge in [-0.3, -0.25) is 4.72 Å². The monoisotopic (exact) mass is 475 g/mol. The summed E-state index contributed by atoms with van der Waals surface area (Å²) in [6.07, 6.45) is -1.72. The fraction of sp³-hybridized carbons (Fsp3) is 0.118. The van der Waals surface area contributed by atoms with E-state index in [1.54, 1.807) is 6.07 Å². The summed E-state index contributed by atoms with van der Waals surface area (Å²) >= 11 is 3.19. The van der Waals surface area contributed by atoms with Crippen LogP contribution < -0.4 is 9.46 Å². The lowest BCUT2D eigenvalue weighted by molar-refractivity contribution is -0.137. The number of nitrogens with one attached hydrogen (secondary N) is 1. The minimum absolute atomic E-state index is 0.147. The highest BCUT2D eigenvalue weighted by atomic mass is 79.9. The number of methoxy groups -OCH3 is 1. The van der Waals surface area contributed by atoms with Crippen molar-refractivity contribution >= 4 is 31.6 Å². The average molecular weight is 476 g/mol. The van der Waals surface area contributed by atoms with Crippen LogP contribution in [0.25, 0.3) is 5.69 Å². The summed E-state index contributed by atoms with van der Waals surface area (Å²) < 4.78 is 73.8. The Bertz CT molecular complexity index is 1100. The second-order valence-corrected chi connectivity index (χ2v) is 8.12. The van der Waals surface area contributed by atoms with Crippen molar-refractivity contribution in [2.24, 2.45) is 0 Å². The zero-order valence-electron chi connectivity index (χ0n) is 14.2. The van der Waals surface area contributed by atoms with Gasteiger partial charge in [-0.25, -0.2) is 13.1 Å². The normalized spacial score (nSPS) is 12.0. The van der Waals surface area contributed by atoms with E-state index in [-0.39, 0.29) is 16.3 Å². The van der Waals surface area contributed by atoms with Gasteiger partial charge in [0.25, 0.3) is 10.0 Å². The fourth-order valence-corrected chi connectivity index (χ4v) is 4.21. The Labute approximate surface area is 167 Å². The molecule has 0 aliphatic rings. The van der Waals surface area contributed by atoms with E-state index >= 15 is 0 Å². The van der Waals surface area contributed by atoms with Crippen LogP contribution in [-0.4, -0.2) is 25.3 Å². The lowest BCUT2D eigenvalue weighted by Crippen LogP contribution is -2.16. The summed E-state index contributed by atoms with van der Waals surface area (Å²) in [5, 5.41) is 3.96. The smallest absolute Gasteiger partial charge is 0.416 e. The molecule has 0 unspecified atom stereocenters. The van der Waals surface area contributed by atoms with Gasteiger partial charge < -0.3 is 4.74 Å². The van der Waals surface area contributed by atoms with Crippen LogP contribution in [0, 0.1) is 0 Å². The third-order valence-corrected chi connectivity index (χ3v) is 5.74. The maximum absolute atomic E-state index is 13.1. The highest BCUT2D eigenvalue weighted by molar-refractivity contribution is 9.10. The van der Waals surface area contributed by atoms with Gasteiger partial charge in [-0.1, -0.05) is 0 Å². The summed E-state index contributed by atoms with van der Waals surface area (Å²) in [7, 11) is -2.76. The molecule has 0 saturated carbocycles. The van der Waals surface area contributed by atoms with Gasteiger partial charge in [0, 0.05) is 12.4 Å². The molecule has 1 heterocycles. The van der Waals surface area contributed by atoms with Gasteiger partial charge in [0.2, 0.25) is 0 Å². The number of anilines is 1. The lowest BCUT2D eigenvalue weighted by atomic mass is 10.1. The third-order valence-electron chi connectivity index (χ3n) is 3.75.